The third-order valence-electron chi connectivity index (χ3n) is 6.57. The summed E-state index contributed by atoms with van der Waals surface area (Å²) in [5.41, 5.74) is 0.306. The molecule has 1 saturated carbocycles. The van der Waals surface area contributed by atoms with Crippen molar-refractivity contribution in [3.8, 4) is 0 Å². The number of nitrogens with one attached hydrogen (secondary N) is 2. The molecule has 1 aliphatic carbocycles. The van der Waals surface area contributed by atoms with E-state index >= 15 is 0 Å². The van der Waals surface area contributed by atoms with Crippen molar-refractivity contribution < 1.29 is 9.47 Å². The van der Waals surface area contributed by atoms with Crippen LogP contribution in [0.1, 0.15) is 33.1 Å². The molecule has 146 valence electrons. The zero-order valence-corrected chi connectivity index (χ0v) is 18.6. The van der Waals surface area contributed by atoms with Gasteiger partial charge in [0.25, 0.3) is 0 Å². The van der Waals surface area contributed by atoms with Gasteiger partial charge in [0, 0.05) is 56.3 Å². The highest BCUT2D eigenvalue weighted by molar-refractivity contribution is 14.0. The molecule has 3 aliphatic rings. The van der Waals surface area contributed by atoms with Crippen LogP contribution in [0.2, 0.25) is 0 Å². The summed E-state index contributed by atoms with van der Waals surface area (Å²) in [4.78, 5) is 6.81. The Morgan fingerprint density at radius 3 is 2.48 bits per heavy atom. The number of halogens is 1. The Balaban J connectivity index is 0.00000225. The van der Waals surface area contributed by atoms with Crippen molar-refractivity contribution in [2.75, 3.05) is 47.5 Å². The van der Waals surface area contributed by atoms with Gasteiger partial charge in [0.1, 0.15) is 0 Å². The van der Waals surface area contributed by atoms with Crippen LogP contribution in [0, 0.1) is 11.3 Å². The van der Waals surface area contributed by atoms with E-state index in [9.17, 15) is 0 Å². The number of rotatable bonds is 4. The standard InChI is InChI=1S/C18H34N4O2.HI/c1-17(2)14(13-6-9-24-15(13)17)21-16(19-3)20-12-18(22(4)5)7-10-23-11-8-18;/h13-15H,6-12H2,1-5H3,(H2,19,20,21);1H. The summed E-state index contributed by atoms with van der Waals surface area (Å²) in [5, 5.41) is 7.25. The third-order valence-corrected chi connectivity index (χ3v) is 6.57. The Hall–Kier alpha value is -0.120. The van der Waals surface area contributed by atoms with Crippen LogP contribution in [0.25, 0.3) is 0 Å². The zero-order chi connectivity index (χ0) is 17.4. The Labute approximate surface area is 169 Å². The molecular weight excluding hydrogens is 431 g/mol. The van der Waals surface area contributed by atoms with Gasteiger partial charge in [0.05, 0.1) is 6.10 Å². The quantitative estimate of drug-likeness (QED) is 0.375. The molecule has 0 bridgehead atoms. The first-order chi connectivity index (χ1) is 11.4. The normalized spacial score (nSPS) is 33.2. The molecule has 2 aliphatic heterocycles. The molecular formula is C18H35IN4O2. The molecule has 0 amide bonds. The van der Waals surface area contributed by atoms with Gasteiger partial charge in [-0.1, -0.05) is 13.8 Å². The van der Waals surface area contributed by atoms with Crippen molar-refractivity contribution in [1.29, 1.82) is 0 Å². The van der Waals surface area contributed by atoms with E-state index < -0.39 is 0 Å². The minimum absolute atomic E-state index is 0. The van der Waals surface area contributed by atoms with Crippen LogP contribution in [-0.2, 0) is 9.47 Å². The monoisotopic (exact) mass is 466 g/mol. The lowest BCUT2D eigenvalue weighted by molar-refractivity contribution is -0.106. The van der Waals surface area contributed by atoms with Gasteiger partial charge in [0.2, 0.25) is 0 Å². The van der Waals surface area contributed by atoms with Gasteiger partial charge in [0.15, 0.2) is 5.96 Å². The summed E-state index contributed by atoms with van der Waals surface area (Å²) < 4.78 is 11.5. The van der Waals surface area contributed by atoms with E-state index in [0.717, 1.165) is 51.6 Å². The highest BCUT2D eigenvalue weighted by atomic mass is 127. The summed E-state index contributed by atoms with van der Waals surface area (Å²) >= 11 is 0. The minimum atomic E-state index is 0. The zero-order valence-electron chi connectivity index (χ0n) is 16.3. The van der Waals surface area contributed by atoms with Crippen molar-refractivity contribution in [3.05, 3.63) is 0 Å². The first-order valence-electron chi connectivity index (χ1n) is 9.25. The highest BCUT2D eigenvalue weighted by Crippen LogP contribution is 2.52. The maximum Gasteiger partial charge on any atom is 0.191 e. The summed E-state index contributed by atoms with van der Waals surface area (Å²) in [7, 11) is 6.19. The molecule has 0 spiro atoms. The molecule has 2 N–H and O–H groups in total. The van der Waals surface area contributed by atoms with Crippen molar-refractivity contribution >= 4 is 29.9 Å². The van der Waals surface area contributed by atoms with Gasteiger partial charge >= 0.3 is 0 Å². The molecule has 25 heavy (non-hydrogen) atoms. The minimum Gasteiger partial charge on any atom is -0.381 e. The smallest absolute Gasteiger partial charge is 0.191 e. The highest BCUT2D eigenvalue weighted by Gasteiger charge is 2.59. The molecule has 3 rings (SSSR count). The largest absolute Gasteiger partial charge is 0.381 e. The maximum atomic E-state index is 5.89. The van der Waals surface area contributed by atoms with Gasteiger partial charge < -0.3 is 25.0 Å². The number of hydrogen-bond acceptors (Lipinski definition) is 4. The van der Waals surface area contributed by atoms with E-state index in [0.29, 0.717) is 18.1 Å². The van der Waals surface area contributed by atoms with E-state index in [1.54, 1.807) is 0 Å². The summed E-state index contributed by atoms with van der Waals surface area (Å²) in [5.74, 6) is 1.52. The predicted octanol–water partition coefficient (Wildman–Crippen LogP) is 1.69. The molecule has 0 aromatic rings. The SMILES string of the molecule is CN=C(NCC1(N(C)C)CCOCC1)NC1C2CCOC2C1(C)C.I. The average molecular weight is 466 g/mol. The lowest BCUT2D eigenvalue weighted by Crippen LogP contribution is -2.68. The number of ether oxygens (including phenoxy) is 2. The summed E-state index contributed by atoms with van der Waals surface area (Å²) in [6, 6.07) is 0.432. The molecule has 0 radical (unpaired) electrons. The lowest BCUT2D eigenvalue weighted by atomic mass is 9.57. The van der Waals surface area contributed by atoms with Crippen LogP contribution in [-0.4, -0.2) is 76.1 Å². The van der Waals surface area contributed by atoms with Gasteiger partial charge in [-0.25, -0.2) is 0 Å². The van der Waals surface area contributed by atoms with Crippen LogP contribution in [0.5, 0.6) is 0 Å². The first kappa shape index (κ1) is 21.2. The first-order valence-corrected chi connectivity index (χ1v) is 9.25. The number of likely N-dealkylation sites (N-methyl/N-ethyl adjacent to an activating group) is 1. The Kier molecular flexibility index (Phi) is 7.01. The van der Waals surface area contributed by atoms with Gasteiger partial charge in [-0.05, 0) is 33.4 Å². The fourth-order valence-corrected chi connectivity index (χ4v) is 4.74. The van der Waals surface area contributed by atoms with Crippen LogP contribution in [0.3, 0.4) is 0 Å². The molecule has 6 nitrogen and oxygen atoms in total. The van der Waals surface area contributed by atoms with Gasteiger partial charge in [-0.2, -0.15) is 0 Å². The van der Waals surface area contributed by atoms with Crippen LogP contribution >= 0.6 is 24.0 Å². The molecule has 2 saturated heterocycles. The van der Waals surface area contributed by atoms with Crippen molar-refractivity contribution in [2.24, 2.45) is 16.3 Å². The molecule has 3 unspecified atom stereocenters. The Morgan fingerprint density at radius 2 is 1.88 bits per heavy atom. The Bertz CT molecular complexity index is 478. The van der Waals surface area contributed by atoms with Crippen LogP contribution < -0.4 is 10.6 Å². The second-order valence-electron chi connectivity index (χ2n) is 8.34. The molecule has 7 heteroatoms. The van der Waals surface area contributed by atoms with Crippen molar-refractivity contribution in [3.63, 3.8) is 0 Å². The maximum absolute atomic E-state index is 5.89. The number of guanidine groups is 1. The van der Waals surface area contributed by atoms with E-state index in [1.807, 2.05) is 7.05 Å². The van der Waals surface area contributed by atoms with Gasteiger partial charge in [-0.15, -0.1) is 24.0 Å². The van der Waals surface area contributed by atoms with Crippen LogP contribution in [0.4, 0.5) is 0 Å². The second kappa shape index (κ2) is 8.27. The topological polar surface area (TPSA) is 58.1 Å². The molecule has 3 fully saturated rings. The lowest BCUT2D eigenvalue weighted by Gasteiger charge is -2.55. The van der Waals surface area contributed by atoms with Gasteiger partial charge in [-0.3, -0.25) is 4.99 Å². The average Bonchev–Trinajstić information content (AvgIpc) is 3.02. The number of hydrogen-bond donors (Lipinski definition) is 2. The van der Waals surface area contributed by atoms with E-state index in [2.05, 4.69) is 48.5 Å². The molecule has 2 heterocycles. The van der Waals surface area contributed by atoms with Crippen molar-refractivity contribution in [1.82, 2.24) is 15.5 Å². The third kappa shape index (κ3) is 3.94. The van der Waals surface area contributed by atoms with Crippen LogP contribution in [0.15, 0.2) is 4.99 Å². The molecule has 0 aromatic carbocycles. The fourth-order valence-electron chi connectivity index (χ4n) is 4.74. The molecule has 3 atom stereocenters. The second-order valence-corrected chi connectivity index (χ2v) is 8.34. The fraction of sp³-hybridized carbons (Fsp3) is 0.944. The van der Waals surface area contributed by atoms with Crippen molar-refractivity contribution in [2.45, 2.75) is 50.8 Å². The number of fused-ring (bicyclic) bond motifs is 1. The number of aliphatic imine (C=N–C) groups is 1. The molecule has 0 aromatic heterocycles. The summed E-state index contributed by atoms with van der Waals surface area (Å²) in [6.45, 7) is 8.05. The summed E-state index contributed by atoms with van der Waals surface area (Å²) in [6.07, 6.45) is 3.66. The predicted molar refractivity (Wildman–Crippen MR) is 112 cm³/mol. The number of nitrogens with zero attached hydrogens (tertiary/aromatic N) is 2. The van der Waals surface area contributed by atoms with E-state index in [4.69, 9.17) is 9.47 Å². The van der Waals surface area contributed by atoms with E-state index in [1.165, 1.54) is 0 Å². The Morgan fingerprint density at radius 1 is 1.20 bits per heavy atom. The van der Waals surface area contributed by atoms with E-state index in [-0.39, 0.29) is 34.9 Å².